The van der Waals surface area contributed by atoms with Crippen LogP contribution in [0.2, 0.25) is 0 Å². The van der Waals surface area contributed by atoms with E-state index in [9.17, 15) is 4.79 Å². The summed E-state index contributed by atoms with van der Waals surface area (Å²) in [5, 5.41) is 3.29. The fourth-order valence-corrected chi connectivity index (χ4v) is 2.44. The fraction of sp³-hybridized carbons (Fsp3) is 0.200. The van der Waals surface area contributed by atoms with Gasteiger partial charge in [0.25, 0.3) is 0 Å². The minimum absolute atomic E-state index is 0.241. The Hall–Kier alpha value is -2.34. The van der Waals surface area contributed by atoms with Gasteiger partial charge in [-0.05, 0) is 19.1 Å². The molecule has 0 aliphatic rings. The molecule has 1 heterocycles. The molecule has 0 bridgehead atoms. The second-order valence-electron chi connectivity index (χ2n) is 4.18. The number of para-hydroxylation sites is 1. The van der Waals surface area contributed by atoms with Crippen LogP contribution in [-0.2, 0) is 4.79 Å². The Morgan fingerprint density at radius 2 is 2.14 bits per heavy atom. The van der Waals surface area contributed by atoms with Gasteiger partial charge in [0.1, 0.15) is 0 Å². The number of carbonyl (C=O) groups is 1. The highest BCUT2D eigenvalue weighted by atomic mass is 32.1. The predicted octanol–water partition coefficient (Wildman–Crippen LogP) is 3.12. The number of ether oxygens (including phenoxy) is 2. The molecule has 1 N–H and O–H groups in total. The van der Waals surface area contributed by atoms with Crippen molar-refractivity contribution in [2.24, 2.45) is 0 Å². The Labute approximate surface area is 127 Å². The number of rotatable bonds is 5. The SMILES string of the molecule is COc1cccc(C=CC(=O)Nc2ncc(C)s2)c1OC. The molecular weight excluding hydrogens is 288 g/mol. The fourth-order valence-electron chi connectivity index (χ4n) is 1.77. The Balaban J connectivity index is 2.12. The highest BCUT2D eigenvalue weighted by Crippen LogP contribution is 2.31. The van der Waals surface area contributed by atoms with Crippen molar-refractivity contribution in [2.45, 2.75) is 6.92 Å². The number of thiazole rings is 1. The molecule has 6 heteroatoms. The van der Waals surface area contributed by atoms with Crippen molar-refractivity contribution in [3.05, 3.63) is 40.9 Å². The molecule has 2 aromatic rings. The van der Waals surface area contributed by atoms with Gasteiger partial charge < -0.3 is 9.47 Å². The van der Waals surface area contributed by atoms with Gasteiger partial charge >= 0.3 is 0 Å². The third-order valence-corrected chi connectivity index (χ3v) is 3.53. The predicted molar refractivity (Wildman–Crippen MR) is 84.1 cm³/mol. The molecule has 110 valence electrons. The van der Waals surface area contributed by atoms with Crippen LogP contribution in [0.5, 0.6) is 11.5 Å². The number of hydrogen-bond acceptors (Lipinski definition) is 5. The van der Waals surface area contributed by atoms with Gasteiger partial charge in [0.2, 0.25) is 5.91 Å². The third kappa shape index (κ3) is 3.82. The molecule has 2 rings (SSSR count). The van der Waals surface area contributed by atoms with Crippen LogP contribution in [0.25, 0.3) is 6.08 Å². The van der Waals surface area contributed by atoms with Crippen molar-refractivity contribution in [3.63, 3.8) is 0 Å². The van der Waals surface area contributed by atoms with Gasteiger partial charge in [-0.2, -0.15) is 0 Å². The molecule has 0 radical (unpaired) electrons. The minimum atomic E-state index is -0.241. The van der Waals surface area contributed by atoms with E-state index >= 15 is 0 Å². The Bertz CT molecular complexity index is 665. The number of nitrogens with zero attached hydrogens (tertiary/aromatic N) is 1. The first kappa shape index (κ1) is 15.1. The second kappa shape index (κ2) is 6.90. The molecule has 0 spiro atoms. The summed E-state index contributed by atoms with van der Waals surface area (Å²) in [7, 11) is 3.14. The lowest BCUT2D eigenvalue weighted by molar-refractivity contribution is -0.111. The summed E-state index contributed by atoms with van der Waals surface area (Å²) in [5.74, 6) is 0.971. The molecular formula is C15H16N2O3S. The summed E-state index contributed by atoms with van der Waals surface area (Å²) in [6.07, 6.45) is 4.83. The zero-order chi connectivity index (χ0) is 15.2. The normalized spacial score (nSPS) is 10.6. The van der Waals surface area contributed by atoms with E-state index < -0.39 is 0 Å². The second-order valence-corrected chi connectivity index (χ2v) is 5.42. The molecule has 21 heavy (non-hydrogen) atoms. The number of hydrogen-bond donors (Lipinski definition) is 1. The number of aryl methyl sites for hydroxylation is 1. The molecule has 0 aliphatic carbocycles. The van der Waals surface area contributed by atoms with Crippen LogP contribution < -0.4 is 14.8 Å². The summed E-state index contributed by atoms with van der Waals surface area (Å²) in [6, 6.07) is 5.48. The van der Waals surface area contributed by atoms with Crippen LogP contribution in [0.4, 0.5) is 5.13 Å². The van der Waals surface area contributed by atoms with Gasteiger partial charge in [0.05, 0.1) is 14.2 Å². The zero-order valence-corrected chi connectivity index (χ0v) is 12.9. The average molecular weight is 304 g/mol. The van der Waals surface area contributed by atoms with Crippen molar-refractivity contribution >= 4 is 28.5 Å². The van der Waals surface area contributed by atoms with Crippen LogP contribution in [0.15, 0.2) is 30.5 Å². The number of methoxy groups -OCH3 is 2. The largest absolute Gasteiger partial charge is 0.493 e. The molecule has 5 nitrogen and oxygen atoms in total. The van der Waals surface area contributed by atoms with Gasteiger partial charge in [0.15, 0.2) is 16.6 Å². The zero-order valence-electron chi connectivity index (χ0n) is 12.0. The van der Waals surface area contributed by atoms with Crippen LogP contribution in [-0.4, -0.2) is 25.1 Å². The highest BCUT2D eigenvalue weighted by Gasteiger charge is 2.07. The van der Waals surface area contributed by atoms with Crippen molar-refractivity contribution in [1.82, 2.24) is 4.98 Å². The molecule has 0 saturated carbocycles. The van der Waals surface area contributed by atoms with E-state index in [-0.39, 0.29) is 5.91 Å². The van der Waals surface area contributed by atoms with Crippen LogP contribution in [0.1, 0.15) is 10.4 Å². The summed E-state index contributed by atoms with van der Waals surface area (Å²) in [6.45, 7) is 1.93. The van der Waals surface area contributed by atoms with E-state index in [1.807, 2.05) is 19.1 Å². The summed E-state index contributed by atoms with van der Waals surface area (Å²) >= 11 is 1.43. The van der Waals surface area contributed by atoms with Crippen LogP contribution >= 0.6 is 11.3 Å². The summed E-state index contributed by atoms with van der Waals surface area (Å²) in [4.78, 5) is 17.0. The molecule has 1 aromatic heterocycles. The summed E-state index contributed by atoms with van der Waals surface area (Å²) in [5.41, 5.74) is 0.766. The van der Waals surface area contributed by atoms with Gasteiger partial charge in [0, 0.05) is 22.7 Å². The molecule has 0 atom stereocenters. The van der Waals surface area contributed by atoms with Crippen molar-refractivity contribution < 1.29 is 14.3 Å². The molecule has 0 unspecified atom stereocenters. The van der Waals surface area contributed by atoms with Gasteiger partial charge in [-0.15, -0.1) is 11.3 Å². The van der Waals surface area contributed by atoms with Gasteiger partial charge in [-0.25, -0.2) is 4.98 Å². The smallest absolute Gasteiger partial charge is 0.250 e. The minimum Gasteiger partial charge on any atom is -0.493 e. The number of aromatic nitrogens is 1. The summed E-state index contributed by atoms with van der Waals surface area (Å²) < 4.78 is 10.5. The van der Waals surface area contributed by atoms with E-state index in [0.29, 0.717) is 16.6 Å². The van der Waals surface area contributed by atoms with E-state index in [1.165, 1.54) is 17.4 Å². The topological polar surface area (TPSA) is 60.5 Å². The van der Waals surface area contributed by atoms with Crippen molar-refractivity contribution in [1.29, 1.82) is 0 Å². The average Bonchev–Trinajstić information content (AvgIpc) is 2.89. The third-order valence-electron chi connectivity index (χ3n) is 2.70. The molecule has 0 saturated heterocycles. The first-order valence-corrected chi connectivity index (χ1v) is 7.08. The maximum Gasteiger partial charge on any atom is 0.250 e. The first-order valence-electron chi connectivity index (χ1n) is 6.26. The lowest BCUT2D eigenvalue weighted by Crippen LogP contribution is -2.07. The highest BCUT2D eigenvalue weighted by molar-refractivity contribution is 7.15. The van der Waals surface area contributed by atoms with E-state index in [0.717, 1.165) is 10.4 Å². The maximum atomic E-state index is 11.8. The van der Waals surface area contributed by atoms with Gasteiger partial charge in [-0.1, -0.05) is 12.1 Å². The van der Waals surface area contributed by atoms with E-state index in [2.05, 4.69) is 10.3 Å². The van der Waals surface area contributed by atoms with Crippen molar-refractivity contribution in [3.8, 4) is 11.5 Å². The van der Waals surface area contributed by atoms with Gasteiger partial charge in [-0.3, -0.25) is 10.1 Å². The Kier molecular flexibility index (Phi) is 4.94. The Morgan fingerprint density at radius 1 is 1.33 bits per heavy atom. The van der Waals surface area contributed by atoms with E-state index in [1.54, 1.807) is 32.6 Å². The number of anilines is 1. The monoisotopic (exact) mass is 304 g/mol. The number of carbonyl (C=O) groups excluding carboxylic acids is 1. The standard InChI is InChI=1S/C15H16N2O3S/c1-10-9-16-15(21-10)17-13(18)8-7-11-5-4-6-12(19-2)14(11)20-3/h4-9H,1-3H3,(H,16,17,18). The number of benzene rings is 1. The lowest BCUT2D eigenvalue weighted by Gasteiger charge is -2.09. The Morgan fingerprint density at radius 3 is 2.76 bits per heavy atom. The van der Waals surface area contributed by atoms with Crippen LogP contribution in [0.3, 0.4) is 0 Å². The molecule has 0 fully saturated rings. The quantitative estimate of drug-likeness (QED) is 0.862. The molecule has 1 amide bonds. The molecule has 0 aliphatic heterocycles. The maximum absolute atomic E-state index is 11.8. The van der Waals surface area contributed by atoms with E-state index in [4.69, 9.17) is 9.47 Å². The van der Waals surface area contributed by atoms with Crippen molar-refractivity contribution in [2.75, 3.05) is 19.5 Å². The lowest BCUT2D eigenvalue weighted by atomic mass is 10.1. The first-order chi connectivity index (χ1) is 10.1. The number of nitrogens with one attached hydrogen (secondary N) is 1. The molecule has 1 aromatic carbocycles. The van der Waals surface area contributed by atoms with Crippen LogP contribution in [0, 0.1) is 6.92 Å². The number of amides is 1.